The minimum absolute atomic E-state index is 0.161. The van der Waals surface area contributed by atoms with E-state index in [9.17, 15) is 4.39 Å². The monoisotopic (exact) mass is 340 g/mol. The maximum atomic E-state index is 14.8. The zero-order valence-corrected chi connectivity index (χ0v) is 15.5. The molecular formula is C23H29FO. The number of hydrogen-bond donors (Lipinski definition) is 0. The standard InChI is InChI=1S/C23H29FO/c1-3-5-7-8-17-9-11-19-18(16-17)10-12-21-20(19)13-14-22(23(21)24)25-15-6-4-2/h9,11,13-14,16H,3-8,10,12,15H2,1-2H3. The van der Waals surface area contributed by atoms with Crippen molar-refractivity contribution in [3.63, 3.8) is 0 Å². The van der Waals surface area contributed by atoms with Crippen LogP contribution in [0.2, 0.25) is 0 Å². The summed E-state index contributed by atoms with van der Waals surface area (Å²) in [5, 5.41) is 0. The molecule has 0 radical (unpaired) electrons. The second-order valence-electron chi connectivity index (χ2n) is 7.05. The van der Waals surface area contributed by atoms with Crippen LogP contribution < -0.4 is 4.74 Å². The molecule has 0 aromatic heterocycles. The molecule has 0 saturated carbocycles. The Balaban J connectivity index is 1.82. The van der Waals surface area contributed by atoms with Crippen LogP contribution in [0.15, 0.2) is 30.3 Å². The topological polar surface area (TPSA) is 9.23 Å². The molecule has 0 N–H and O–H groups in total. The Morgan fingerprint density at radius 2 is 1.72 bits per heavy atom. The third-order valence-electron chi connectivity index (χ3n) is 5.14. The fourth-order valence-corrected chi connectivity index (χ4v) is 3.65. The SMILES string of the molecule is CCCCCc1ccc2c(c1)CCc1c-2ccc(OCCCC)c1F. The van der Waals surface area contributed by atoms with Crippen molar-refractivity contribution >= 4 is 0 Å². The van der Waals surface area contributed by atoms with E-state index in [0.717, 1.165) is 43.2 Å². The first-order valence-corrected chi connectivity index (χ1v) is 9.81. The average molecular weight is 340 g/mol. The molecule has 1 nitrogen and oxygen atoms in total. The van der Waals surface area contributed by atoms with E-state index in [0.29, 0.717) is 12.4 Å². The Hall–Kier alpha value is -1.83. The van der Waals surface area contributed by atoms with Gasteiger partial charge >= 0.3 is 0 Å². The van der Waals surface area contributed by atoms with Crippen molar-refractivity contribution in [2.24, 2.45) is 0 Å². The second-order valence-corrected chi connectivity index (χ2v) is 7.05. The van der Waals surface area contributed by atoms with Crippen LogP contribution in [0.3, 0.4) is 0 Å². The number of unbranched alkanes of at least 4 members (excludes halogenated alkanes) is 3. The molecule has 0 bridgehead atoms. The Kier molecular flexibility index (Phi) is 6.12. The fraction of sp³-hybridized carbons (Fsp3) is 0.478. The van der Waals surface area contributed by atoms with Crippen LogP contribution in [0.25, 0.3) is 11.1 Å². The van der Waals surface area contributed by atoms with E-state index in [-0.39, 0.29) is 5.82 Å². The molecule has 0 aliphatic heterocycles. The largest absolute Gasteiger partial charge is 0.491 e. The summed E-state index contributed by atoms with van der Waals surface area (Å²) in [6, 6.07) is 10.6. The van der Waals surface area contributed by atoms with Gasteiger partial charge in [-0.2, -0.15) is 0 Å². The van der Waals surface area contributed by atoms with Gasteiger partial charge in [0.1, 0.15) is 0 Å². The molecule has 0 heterocycles. The first-order chi connectivity index (χ1) is 12.2. The summed E-state index contributed by atoms with van der Waals surface area (Å²) < 4.78 is 20.5. The van der Waals surface area contributed by atoms with Gasteiger partial charge in [-0.15, -0.1) is 0 Å². The molecule has 0 unspecified atom stereocenters. The molecule has 134 valence electrons. The number of aryl methyl sites for hydroxylation is 2. The Morgan fingerprint density at radius 1 is 0.920 bits per heavy atom. The van der Waals surface area contributed by atoms with Gasteiger partial charge in [0, 0.05) is 0 Å². The Labute approximate surface area is 151 Å². The molecule has 0 spiro atoms. The number of halogens is 1. The van der Waals surface area contributed by atoms with Crippen molar-refractivity contribution in [1.82, 2.24) is 0 Å². The highest BCUT2D eigenvalue weighted by atomic mass is 19.1. The molecule has 0 atom stereocenters. The van der Waals surface area contributed by atoms with E-state index in [1.807, 2.05) is 6.07 Å². The van der Waals surface area contributed by atoms with Crippen LogP contribution in [0.1, 0.15) is 62.6 Å². The lowest BCUT2D eigenvalue weighted by Crippen LogP contribution is -2.09. The summed E-state index contributed by atoms with van der Waals surface area (Å²) >= 11 is 0. The van der Waals surface area contributed by atoms with E-state index in [4.69, 9.17) is 4.74 Å². The summed E-state index contributed by atoms with van der Waals surface area (Å²) in [5.74, 6) is 0.248. The summed E-state index contributed by atoms with van der Waals surface area (Å²) in [4.78, 5) is 0. The van der Waals surface area contributed by atoms with Gasteiger partial charge in [-0.1, -0.05) is 57.4 Å². The molecular weight excluding hydrogens is 311 g/mol. The van der Waals surface area contributed by atoms with E-state index in [2.05, 4.69) is 32.0 Å². The predicted molar refractivity (Wildman–Crippen MR) is 103 cm³/mol. The lowest BCUT2D eigenvalue weighted by molar-refractivity contribution is 0.293. The highest BCUT2D eigenvalue weighted by Gasteiger charge is 2.21. The number of rotatable bonds is 8. The van der Waals surface area contributed by atoms with Gasteiger partial charge in [0.2, 0.25) is 0 Å². The van der Waals surface area contributed by atoms with Crippen LogP contribution >= 0.6 is 0 Å². The first kappa shape index (κ1) is 18.0. The quantitative estimate of drug-likeness (QED) is 0.498. The summed E-state index contributed by atoms with van der Waals surface area (Å²) in [7, 11) is 0. The molecule has 0 saturated heterocycles. The number of benzene rings is 2. The van der Waals surface area contributed by atoms with Crippen LogP contribution in [0.5, 0.6) is 5.75 Å². The third kappa shape index (κ3) is 4.05. The summed E-state index contributed by atoms with van der Waals surface area (Å²) in [6.07, 6.45) is 8.62. The van der Waals surface area contributed by atoms with Crippen LogP contribution in [-0.4, -0.2) is 6.61 Å². The highest BCUT2D eigenvalue weighted by Crippen LogP contribution is 2.38. The lowest BCUT2D eigenvalue weighted by atomic mass is 9.84. The smallest absolute Gasteiger partial charge is 0.168 e. The molecule has 25 heavy (non-hydrogen) atoms. The molecule has 2 aromatic rings. The van der Waals surface area contributed by atoms with Gasteiger partial charge in [-0.25, -0.2) is 4.39 Å². The van der Waals surface area contributed by atoms with Crippen molar-refractivity contribution < 1.29 is 9.13 Å². The predicted octanol–water partition coefficient (Wildman–Crippen LogP) is 6.50. The van der Waals surface area contributed by atoms with E-state index in [1.54, 1.807) is 6.07 Å². The van der Waals surface area contributed by atoms with Crippen LogP contribution in [0.4, 0.5) is 4.39 Å². The normalized spacial score (nSPS) is 12.6. The maximum absolute atomic E-state index is 14.8. The van der Waals surface area contributed by atoms with Crippen molar-refractivity contribution in [3.05, 3.63) is 52.8 Å². The van der Waals surface area contributed by atoms with Crippen molar-refractivity contribution in [3.8, 4) is 16.9 Å². The number of fused-ring (bicyclic) bond motifs is 3. The fourth-order valence-electron chi connectivity index (χ4n) is 3.65. The van der Waals surface area contributed by atoms with E-state index >= 15 is 0 Å². The van der Waals surface area contributed by atoms with Crippen LogP contribution in [0, 0.1) is 5.82 Å². The molecule has 3 rings (SSSR count). The molecule has 1 aliphatic carbocycles. The number of ether oxygens (including phenoxy) is 1. The Morgan fingerprint density at radius 3 is 2.52 bits per heavy atom. The zero-order valence-electron chi connectivity index (χ0n) is 15.5. The molecule has 0 amide bonds. The van der Waals surface area contributed by atoms with Crippen molar-refractivity contribution in [1.29, 1.82) is 0 Å². The van der Waals surface area contributed by atoms with Gasteiger partial charge in [0.05, 0.1) is 6.61 Å². The van der Waals surface area contributed by atoms with Gasteiger partial charge in [0.15, 0.2) is 11.6 Å². The maximum Gasteiger partial charge on any atom is 0.168 e. The lowest BCUT2D eigenvalue weighted by Gasteiger charge is -2.22. The average Bonchev–Trinajstić information content (AvgIpc) is 2.63. The molecule has 2 heteroatoms. The zero-order chi connectivity index (χ0) is 17.6. The molecule has 2 aromatic carbocycles. The van der Waals surface area contributed by atoms with Gasteiger partial charge in [0.25, 0.3) is 0 Å². The Bertz CT molecular complexity index is 720. The minimum atomic E-state index is -0.161. The first-order valence-electron chi connectivity index (χ1n) is 9.81. The third-order valence-corrected chi connectivity index (χ3v) is 5.14. The van der Waals surface area contributed by atoms with Gasteiger partial charge in [-0.05, 0) is 66.0 Å². The summed E-state index contributed by atoms with van der Waals surface area (Å²) in [5.41, 5.74) is 5.83. The summed E-state index contributed by atoms with van der Waals surface area (Å²) in [6.45, 7) is 4.93. The van der Waals surface area contributed by atoms with Crippen LogP contribution in [-0.2, 0) is 19.3 Å². The number of hydrogen-bond acceptors (Lipinski definition) is 1. The van der Waals surface area contributed by atoms with Gasteiger partial charge < -0.3 is 4.74 Å². The molecule has 1 aliphatic rings. The van der Waals surface area contributed by atoms with Gasteiger partial charge in [-0.3, -0.25) is 0 Å². The van der Waals surface area contributed by atoms with Crippen molar-refractivity contribution in [2.75, 3.05) is 6.61 Å². The van der Waals surface area contributed by atoms with Crippen molar-refractivity contribution in [2.45, 2.75) is 65.2 Å². The minimum Gasteiger partial charge on any atom is -0.491 e. The highest BCUT2D eigenvalue weighted by molar-refractivity contribution is 5.74. The second kappa shape index (κ2) is 8.51. The molecule has 0 fully saturated rings. The van der Waals surface area contributed by atoms with E-state index < -0.39 is 0 Å². The van der Waals surface area contributed by atoms with E-state index in [1.165, 1.54) is 36.0 Å².